The summed E-state index contributed by atoms with van der Waals surface area (Å²) in [6.07, 6.45) is 0.850. The maximum absolute atomic E-state index is 13.2. The predicted octanol–water partition coefficient (Wildman–Crippen LogP) is 4.33. The molecule has 0 aliphatic carbocycles. The molecular weight excluding hydrogens is 265 g/mol. The van der Waals surface area contributed by atoms with Crippen LogP contribution in [0.25, 0.3) is 0 Å². The van der Waals surface area contributed by atoms with E-state index in [9.17, 15) is 4.39 Å². The molecule has 0 saturated carbocycles. The van der Waals surface area contributed by atoms with Crippen molar-refractivity contribution in [3.8, 4) is 0 Å². The molecule has 2 nitrogen and oxygen atoms in total. The van der Waals surface area contributed by atoms with Crippen molar-refractivity contribution >= 4 is 11.6 Å². The fraction of sp³-hybridized carbons (Fsp3) is 0.333. The third-order valence-electron chi connectivity index (χ3n) is 3.00. The molecule has 1 aromatic carbocycles. The van der Waals surface area contributed by atoms with Crippen molar-refractivity contribution in [3.63, 3.8) is 0 Å². The first kappa shape index (κ1) is 14.1. The smallest absolute Gasteiger partial charge is 0.141 e. The van der Waals surface area contributed by atoms with E-state index in [1.165, 1.54) is 6.07 Å². The molecule has 0 spiro atoms. The molecule has 2 rings (SSSR count). The number of furan rings is 1. The normalized spacial score (nSPS) is 12.6. The summed E-state index contributed by atoms with van der Waals surface area (Å²) in [5.41, 5.74) is 0.894. The molecule has 1 aromatic heterocycles. The molecule has 1 N–H and O–H groups in total. The lowest BCUT2D eigenvalue weighted by Crippen LogP contribution is -2.21. The summed E-state index contributed by atoms with van der Waals surface area (Å²) in [6.45, 7) is 4.84. The van der Waals surface area contributed by atoms with Crippen LogP contribution in [0.5, 0.6) is 0 Å². The Morgan fingerprint density at radius 1 is 1.26 bits per heavy atom. The predicted molar refractivity (Wildman–Crippen MR) is 75.0 cm³/mol. The van der Waals surface area contributed by atoms with Crippen LogP contribution in [0, 0.1) is 5.82 Å². The molecule has 0 aliphatic rings. The molecule has 19 heavy (non-hydrogen) atoms. The molecule has 0 bridgehead atoms. The average Bonchev–Trinajstić information content (AvgIpc) is 2.88. The van der Waals surface area contributed by atoms with Crippen molar-refractivity contribution in [1.82, 2.24) is 5.32 Å². The van der Waals surface area contributed by atoms with E-state index in [0.29, 0.717) is 0 Å². The third kappa shape index (κ3) is 3.17. The van der Waals surface area contributed by atoms with Crippen molar-refractivity contribution in [2.75, 3.05) is 6.54 Å². The minimum atomic E-state index is -0.408. The Balaban J connectivity index is 2.35. The molecule has 4 heteroatoms. The molecule has 0 radical (unpaired) electrons. The third-order valence-corrected chi connectivity index (χ3v) is 3.29. The first-order valence-corrected chi connectivity index (χ1v) is 6.80. The van der Waals surface area contributed by atoms with Gasteiger partial charge in [0, 0.05) is 6.42 Å². The molecule has 0 aliphatic heterocycles. The Labute approximate surface area is 117 Å². The lowest BCUT2D eigenvalue weighted by atomic mass is 10.0. The van der Waals surface area contributed by atoms with E-state index in [0.717, 1.165) is 30.0 Å². The van der Waals surface area contributed by atoms with Crippen LogP contribution in [0.2, 0.25) is 5.02 Å². The summed E-state index contributed by atoms with van der Waals surface area (Å²) in [4.78, 5) is 0. The van der Waals surface area contributed by atoms with Gasteiger partial charge in [-0.3, -0.25) is 0 Å². The van der Waals surface area contributed by atoms with E-state index in [4.69, 9.17) is 16.0 Å². The van der Waals surface area contributed by atoms with E-state index in [1.54, 1.807) is 12.1 Å². The molecule has 1 unspecified atom stereocenters. The van der Waals surface area contributed by atoms with E-state index in [1.807, 2.05) is 26.0 Å². The van der Waals surface area contributed by atoms with Gasteiger partial charge in [0.1, 0.15) is 17.3 Å². The summed E-state index contributed by atoms with van der Waals surface area (Å²) in [5, 5.41) is 3.45. The number of hydrogen-bond acceptors (Lipinski definition) is 2. The number of rotatable bonds is 5. The van der Waals surface area contributed by atoms with Crippen molar-refractivity contribution in [2.24, 2.45) is 0 Å². The second-order valence-electron chi connectivity index (χ2n) is 4.32. The number of benzene rings is 1. The second-order valence-corrected chi connectivity index (χ2v) is 4.73. The average molecular weight is 282 g/mol. The lowest BCUT2D eigenvalue weighted by Gasteiger charge is -2.16. The molecular formula is C15H17ClFNO. The standard InChI is InChI=1S/C15H17ClFNO/c1-3-11-6-8-14(19-11)15(18-4-2)10-5-7-13(17)12(16)9-10/h5-9,15,18H,3-4H2,1-2H3. The van der Waals surface area contributed by atoms with Gasteiger partial charge in [0.05, 0.1) is 11.1 Å². The van der Waals surface area contributed by atoms with Gasteiger partial charge >= 0.3 is 0 Å². The summed E-state index contributed by atoms with van der Waals surface area (Å²) in [7, 11) is 0. The van der Waals surface area contributed by atoms with Crippen LogP contribution >= 0.6 is 11.6 Å². The van der Waals surface area contributed by atoms with E-state index >= 15 is 0 Å². The van der Waals surface area contributed by atoms with Crippen LogP contribution in [0.15, 0.2) is 34.7 Å². The Bertz CT molecular complexity index is 553. The van der Waals surface area contributed by atoms with Gasteiger partial charge in [-0.2, -0.15) is 0 Å². The van der Waals surface area contributed by atoms with Gasteiger partial charge in [-0.15, -0.1) is 0 Å². The molecule has 0 amide bonds. The molecule has 102 valence electrons. The number of aryl methyl sites for hydroxylation is 1. The Hall–Kier alpha value is -1.32. The van der Waals surface area contributed by atoms with Gasteiger partial charge in [0.15, 0.2) is 0 Å². The van der Waals surface area contributed by atoms with Gasteiger partial charge in [-0.1, -0.05) is 31.5 Å². The first-order chi connectivity index (χ1) is 9.15. The van der Waals surface area contributed by atoms with E-state index in [2.05, 4.69) is 5.32 Å². The zero-order chi connectivity index (χ0) is 13.8. The van der Waals surface area contributed by atoms with Gasteiger partial charge in [0.25, 0.3) is 0 Å². The number of halogens is 2. The van der Waals surface area contributed by atoms with E-state index < -0.39 is 5.82 Å². The van der Waals surface area contributed by atoms with Crippen molar-refractivity contribution in [1.29, 1.82) is 0 Å². The largest absolute Gasteiger partial charge is 0.464 e. The van der Waals surface area contributed by atoms with Crippen LogP contribution < -0.4 is 5.32 Å². The fourth-order valence-electron chi connectivity index (χ4n) is 2.02. The molecule has 1 heterocycles. The summed E-state index contributed by atoms with van der Waals surface area (Å²) >= 11 is 5.84. The summed E-state index contributed by atoms with van der Waals surface area (Å²) in [5.74, 6) is 1.35. The number of nitrogens with one attached hydrogen (secondary N) is 1. The Morgan fingerprint density at radius 3 is 2.63 bits per heavy atom. The highest BCUT2D eigenvalue weighted by Crippen LogP contribution is 2.27. The van der Waals surface area contributed by atoms with Gasteiger partial charge in [0.2, 0.25) is 0 Å². The highest BCUT2D eigenvalue weighted by Gasteiger charge is 2.18. The lowest BCUT2D eigenvalue weighted by molar-refractivity contribution is 0.425. The quantitative estimate of drug-likeness (QED) is 0.882. The maximum atomic E-state index is 13.2. The molecule has 0 fully saturated rings. The minimum absolute atomic E-state index is 0.108. The molecule has 0 saturated heterocycles. The highest BCUT2D eigenvalue weighted by molar-refractivity contribution is 6.30. The van der Waals surface area contributed by atoms with Crippen LogP contribution in [0.3, 0.4) is 0 Å². The van der Waals surface area contributed by atoms with Gasteiger partial charge in [-0.05, 0) is 36.4 Å². The van der Waals surface area contributed by atoms with Crippen LogP contribution in [0.4, 0.5) is 4.39 Å². The van der Waals surface area contributed by atoms with Gasteiger partial charge < -0.3 is 9.73 Å². The maximum Gasteiger partial charge on any atom is 0.141 e. The highest BCUT2D eigenvalue weighted by atomic mass is 35.5. The summed E-state index contributed by atoms with van der Waals surface area (Å²) < 4.78 is 19.0. The minimum Gasteiger partial charge on any atom is -0.464 e. The Kier molecular flexibility index (Phi) is 4.61. The van der Waals surface area contributed by atoms with Gasteiger partial charge in [-0.25, -0.2) is 4.39 Å². The van der Waals surface area contributed by atoms with Crippen molar-refractivity contribution < 1.29 is 8.81 Å². The second kappa shape index (κ2) is 6.22. The molecule has 2 aromatic rings. The van der Waals surface area contributed by atoms with Crippen LogP contribution in [-0.4, -0.2) is 6.54 Å². The first-order valence-electron chi connectivity index (χ1n) is 6.42. The zero-order valence-corrected chi connectivity index (χ0v) is 11.8. The van der Waals surface area contributed by atoms with Crippen molar-refractivity contribution in [2.45, 2.75) is 26.3 Å². The fourth-order valence-corrected chi connectivity index (χ4v) is 2.21. The SMILES string of the molecule is CCNC(c1ccc(F)c(Cl)c1)c1ccc(CC)o1. The zero-order valence-electron chi connectivity index (χ0n) is 11.0. The summed E-state index contributed by atoms with van der Waals surface area (Å²) in [6, 6.07) is 8.55. The monoisotopic (exact) mass is 281 g/mol. The van der Waals surface area contributed by atoms with E-state index in [-0.39, 0.29) is 11.1 Å². The number of hydrogen-bond donors (Lipinski definition) is 1. The van der Waals surface area contributed by atoms with Crippen LogP contribution in [0.1, 0.15) is 37.0 Å². The molecule has 1 atom stereocenters. The van der Waals surface area contributed by atoms with Crippen LogP contribution in [-0.2, 0) is 6.42 Å². The van der Waals surface area contributed by atoms with Crippen molar-refractivity contribution in [3.05, 3.63) is 58.3 Å². The Morgan fingerprint density at radius 2 is 2.05 bits per heavy atom. The topological polar surface area (TPSA) is 25.2 Å².